The molecule has 0 aliphatic rings. The Kier molecular flexibility index (Phi) is 3.46. The van der Waals surface area contributed by atoms with Gasteiger partial charge in [0.1, 0.15) is 0 Å². The van der Waals surface area contributed by atoms with E-state index in [-0.39, 0.29) is 0 Å². The Labute approximate surface area is 126 Å². The second-order valence-corrected chi connectivity index (χ2v) is 5.96. The predicted octanol–water partition coefficient (Wildman–Crippen LogP) is 4.69. The van der Waals surface area contributed by atoms with Crippen molar-refractivity contribution < 1.29 is 0 Å². The van der Waals surface area contributed by atoms with E-state index in [1.165, 1.54) is 31.3 Å². The summed E-state index contributed by atoms with van der Waals surface area (Å²) in [6.45, 7) is 2.99. The molecule has 2 aromatic carbocycles. The van der Waals surface area contributed by atoms with E-state index >= 15 is 0 Å². The molecule has 0 aliphatic carbocycles. The summed E-state index contributed by atoms with van der Waals surface area (Å²) in [5, 5.41) is 4.76. The van der Waals surface area contributed by atoms with Crippen molar-refractivity contribution in [3.8, 4) is 0 Å². The molecule has 0 aliphatic heterocycles. The summed E-state index contributed by atoms with van der Waals surface area (Å²) in [6.07, 6.45) is 1.98. The average Bonchev–Trinajstić information content (AvgIpc) is 2.85. The number of rotatable bonds is 3. The lowest BCUT2D eigenvalue weighted by atomic mass is 10.1. The number of hydrogen-bond donors (Lipinski definition) is 2. The summed E-state index contributed by atoms with van der Waals surface area (Å²) >= 11 is 2.34. The molecule has 1 heterocycles. The number of benzene rings is 2. The number of H-pyrrole nitrogens is 1. The molecule has 2 N–H and O–H groups in total. The first kappa shape index (κ1) is 12.5. The van der Waals surface area contributed by atoms with E-state index < -0.39 is 0 Å². The molecule has 0 atom stereocenters. The first-order valence-electron chi connectivity index (χ1n) is 6.28. The molecule has 3 heteroatoms. The van der Waals surface area contributed by atoms with E-state index in [2.05, 4.69) is 82.3 Å². The smallest absolute Gasteiger partial charge is 0.0454 e. The predicted molar refractivity (Wildman–Crippen MR) is 89.5 cm³/mol. The second kappa shape index (κ2) is 5.25. The van der Waals surface area contributed by atoms with Crippen LogP contribution in [0, 0.1) is 10.5 Å². The van der Waals surface area contributed by atoms with Gasteiger partial charge in [0.15, 0.2) is 0 Å². The minimum atomic E-state index is 0.850. The standard InChI is InChI=1S/C16H15IN2/c1-11-8-14(17)3-5-15(11)19-10-12-2-4-16-13(9-12)6-7-18-16/h2-9,18-19H,10H2,1H3. The summed E-state index contributed by atoms with van der Waals surface area (Å²) in [5.41, 5.74) is 4.98. The number of aromatic nitrogens is 1. The zero-order chi connectivity index (χ0) is 13.2. The van der Waals surface area contributed by atoms with Gasteiger partial charge in [0.2, 0.25) is 0 Å². The van der Waals surface area contributed by atoms with Gasteiger partial charge in [-0.15, -0.1) is 0 Å². The summed E-state index contributed by atoms with van der Waals surface area (Å²) in [7, 11) is 0. The molecule has 0 saturated heterocycles. The lowest BCUT2D eigenvalue weighted by Gasteiger charge is -2.10. The molecule has 0 amide bonds. The molecule has 0 fully saturated rings. The third-order valence-electron chi connectivity index (χ3n) is 3.29. The number of hydrogen-bond acceptors (Lipinski definition) is 1. The van der Waals surface area contributed by atoms with Gasteiger partial charge in [0, 0.05) is 27.5 Å². The highest BCUT2D eigenvalue weighted by Gasteiger charge is 2.00. The van der Waals surface area contributed by atoms with E-state index in [0.717, 1.165) is 6.54 Å². The first-order valence-corrected chi connectivity index (χ1v) is 7.36. The molecule has 3 rings (SSSR count). The van der Waals surface area contributed by atoms with Crippen molar-refractivity contribution in [2.75, 3.05) is 5.32 Å². The maximum atomic E-state index is 3.50. The van der Waals surface area contributed by atoms with Crippen LogP contribution in [0.1, 0.15) is 11.1 Å². The highest BCUT2D eigenvalue weighted by molar-refractivity contribution is 14.1. The molecular weight excluding hydrogens is 347 g/mol. The van der Waals surface area contributed by atoms with Gasteiger partial charge in [-0.3, -0.25) is 0 Å². The molecule has 1 aromatic heterocycles. The quantitative estimate of drug-likeness (QED) is 0.650. The molecular formula is C16H15IN2. The lowest BCUT2D eigenvalue weighted by molar-refractivity contribution is 1.14. The van der Waals surface area contributed by atoms with E-state index in [9.17, 15) is 0 Å². The van der Waals surface area contributed by atoms with Gasteiger partial charge in [-0.25, -0.2) is 0 Å². The van der Waals surface area contributed by atoms with Crippen LogP contribution in [0.3, 0.4) is 0 Å². The van der Waals surface area contributed by atoms with Crippen LogP contribution < -0.4 is 5.32 Å². The molecule has 2 nitrogen and oxygen atoms in total. The van der Waals surface area contributed by atoms with Crippen LogP contribution in [0.15, 0.2) is 48.7 Å². The van der Waals surface area contributed by atoms with E-state index in [0.29, 0.717) is 0 Å². The van der Waals surface area contributed by atoms with Crippen molar-refractivity contribution in [1.82, 2.24) is 4.98 Å². The Morgan fingerprint density at radius 1 is 1.11 bits per heavy atom. The Bertz CT molecular complexity index is 716. The van der Waals surface area contributed by atoms with Crippen molar-refractivity contribution in [3.05, 3.63) is 63.4 Å². The van der Waals surface area contributed by atoms with Crippen molar-refractivity contribution in [1.29, 1.82) is 0 Å². The third-order valence-corrected chi connectivity index (χ3v) is 3.96. The normalized spacial score (nSPS) is 10.8. The van der Waals surface area contributed by atoms with Crippen LogP contribution in [0.2, 0.25) is 0 Å². The van der Waals surface area contributed by atoms with Crippen LogP contribution in [-0.4, -0.2) is 4.98 Å². The van der Waals surface area contributed by atoms with Crippen LogP contribution in [0.25, 0.3) is 10.9 Å². The molecule has 0 bridgehead atoms. The monoisotopic (exact) mass is 362 g/mol. The van der Waals surface area contributed by atoms with Gasteiger partial charge in [-0.1, -0.05) is 6.07 Å². The van der Waals surface area contributed by atoms with Gasteiger partial charge in [0.05, 0.1) is 0 Å². The highest BCUT2D eigenvalue weighted by Crippen LogP contribution is 2.20. The third kappa shape index (κ3) is 2.76. The molecule has 0 saturated carbocycles. The average molecular weight is 362 g/mol. The van der Waals surface area contributed by atoms with Crippen LogP contribution in [0.4, 0.5) is 5.69 Å². The fraction of sp³-hybridized carbons (Fsp3) is 0.125. The number of nitrogens with one attached hydrogen (secondary N) is 2. The minimum Gasteiger partial charge on any atom is -0.381 e. The Hall–Kier alpha value is -1.49. The maximum Gasteiger partial charge on any atom is 0.0454 e. The Balaban J connectivity index is 1.77. The Morgan fingerprint density at radius 2 is 2.00 bits per heavy atom. The summed E-state index contributed by atoms with van der Waals surface area (Å²) in [4.78, 5) is 3.21. The van der Waals surface area contributed by atoms with Gasteiger partial charge in [-0.05, 0) is 82.4 Å². The number of aromatic amines is 1. The zero-order valence-electron chi connectivity index (χ0n) is 10.7. The largest absolute Gasteiger partial charge is 0.381 e. The number of aryl methyl sites for hydroxylation is 1. The highest BCUT2D eigenvalue weighted by atomic mass is 127. The topological polar surface area (TPSA) is 27.8 Å². The number of halogens is 1. The van der Waals surface area contributed by atoms with Gasteiger partial charge in [0.25, 0.3) is 0 Å². The summed E-state index contributed by atoms with van der Waals surface area (Å²) in [6, 6.07) is 15.1. The molecule has 96 valence electrons. The van der Waals surface area contributed by atoms with Gasteiger partial charge in [-0.2, -0.15) is 0 Å². The fourth-order valence-electron chi connectivity index (χ4n) is 2.24. The van der Waals surface area contributed by atoms with Gasteiger partial charge >= 0.3 is 0 Å². The van der Waals surface area contributed by atoms with Crippen molar-refractivity contribution in [2.24, 2.45) is 0 Å². The minimum absolute atomic E-state index is 0.850. The van der Waals surface area contributed by atoms with E-state index in [4.69, 9.17) is 0 Å². The van der Waals surface area contributed by atoms with Crippen LogP contribution in [0.5, 0.6) is 0 Å². The molecule has 19 heavy (non-hydrogen) atoms. The summed E-state index contributed by atoms with van der Waals surface area (Å²) in [5.74, 6) is 0. The van der Waals surface area contributed by atoms with Crippen LogP contribution in [-0.2, 0) is 6.54 Å². The van der Waals surface area contributed by atoms with E-state index in [1.54, 1.807) is 0 Å². The fourth-order valence-corrected chi connectivity index (χ4v) is 2.88. The van der Waals surface area contributed by atoms with E-state index in [1.807, 2.05) is 6.20 Å². The first-order chi connectivity index (χ1) is 9.22. The van der Waals surface area contributed by atoms with Gasteiger partial charge < -0.3 is 10.3 Å². The maximum absolute atomic E-state index is 3.50. The zero-order valence-corrected chi connectivity index (χ0v) is 12.9. The molecule has 0 unspecified atom stereocenters. The molecule has 0 spiro atoms. The van der Waals surface area contributed by atoms with Crippen LogP contribution >= 0.6 is 22.6 Å². The Morgan fingerprint density at radius 3 is 2.84 bits per heavy atom. The molecule has 3 aromatic rings. The number of anilines is 1. The second-order valence-electron chi connectivity index (χ2n) is 4.71. The van der Waals surface area contributed by atoms with Crippen molar-refractivity contribution in [3.63, 3.8) is 0 Å². The summed E-state index contributed by atoms with van der Waals surface area (Å²) < 4.78 is 1.27. The number of fused-ring (bicyclic) bond motifs is 1. The van der Waals surface area contributed by atoms with Crippen molar-refractivity contribution in [2.45, 2.75) is 13.5 Å². The molecule has 0 radical (unpaired) electrons. The van der Waals surface area contributed by atoms with Crippen molar-refractivity contribution >= 4 is 39.2 Å². The SMILES string of the molecule is Cc1cc(I)ccc1NCc1ccc2[nH]ccc2c1. The lowest BCUT2D eigenvalue weighted by Crippen LogP contribution is -2.01.